The third kappa shape index (κ3) is 3.32. The van der Waals surface area contributed by atoms with Crippen LogP contribution in [0.2, 0.25) is 0 Å². The number of rotatable bonds is 3. The van der Waals surface area contributed by atoms with Gasteiger partial charge in [-0.15, -0.1) is 0 Å². The summed E-state index contributed by atoms with van der Waals surface area (Å²) in [4.78, 5) is 29.7. The lowest BCUT2D eigenvalue weighted by atomic mass is 10.0. The molecular formula is C13H16BrN3O2. The average molecular weight is 326 g/mol. The summed E-state index contributed by atoms with van der Waals surface area (Å²) in [6.45, 7) is 4.30. The van der Waals surface area contributed by atoms with Crippen LogP contribution in [-0.4, -0.2) is 34.3 Å². The molecule has 1 aromatic heterocycles. The molecule has 1 atom stereocenters. The van der Waals surface area contributed by atoms with Gasteiger partial charge in [0.2, 0.25) is 11.8 Å². The van der Waals surface area contributed by atoms with Crippen LogP contribution in [0.5, 0.6) is 0 Å². The van der Waals surface area contributed by atoms with Gasteiger partial charge in [0.1, 0.15) is 12.6 Å². The lowest BCUT2D eigenvalue weighted by molar-refractivity contribution is -0.146. The van der Waals surface area contributed by atoms with E-state index in [2.05, 4.69) is 26.2 Å². The van der Waals surface area contributed by atoms with Crippen molar-refractivity contribution < 1.29 is 9.59 Å². The first kappa shape index (κ1) is 14.0. The molecule has 6 heteroatoms. The third-order valence-corrected chi connectivity index (χ3v) is 3.51. The Morgan fingerprint density at radius 1 is 1.47 bits per heavy atom. The molecule has 1 fully saturated rings. The van der Waals surface area contributed by atoms with Gasteiger partial charge in [0, 0.05) is 10.7 Å². The summed E-state index contributed by atoms with van der Waals surface area (Å²) in [7, 11) is 0. The van der Waals surface area contributed by atoms with Crippen molar-refractivity contribution in [2.75, 3.05) is 6.54 Å². The molecule has 1 unspecified atom stereocenters. The molecule has 2 rings (SSSR count). The van der Waals surface area contributed by atoms with Gasteiger partial charge >= 0.3 is 0 Å². The number of hydrogen-bond acceptors (Lipinski definition) is 3. The van der Waals surface area contributed by atoms with Gasteiger partial charge < -0.3 is 10.2 Å². The van der Waals surface area contributed by atoms with E-state index in [0.717, 1.165) is 10.2 Å². The number of halogens is 1. The number of nitrogens with one attached hydrogen (secondary N) is 1. The molecule has 1 aliphatic heterocycles. The van der Waals surface area contributed by atoms with Crippen LogP contribution >= 0.6 is 15.9 Å². The van der Waals surface area contributed by atoms with E-state index < -0.39 is 6.04 Å². The summed E-state index contributed by atoms with van der Waals surface area (Å²) in [6, 6.07) is 3.28. The summed E-state index contributed by atoms with van der Waals surface area (Å²) in [5, 5.41) is 2.73. The molecule has 2 amide bonds. The van der Waals surface area contributed by atoms with Gasteiger partial charge in [-0.25, -0.2) is 0 Å². The van der Waals surface area contributed by atoms with E-state index >= 15 is 0 Å². The van der Waals surface area contributed by atoms with Crippen molar-refractivity contribution in [2.45, 2.75) is 26.4 Å². The Hall–Kier alpha value is -1.43. The minimum atomic E-state index is -0.434. The summed E-state index contributed by atoms with van der Waals surface area (Å²) >= 11 is 3.31. The van der Waals surface area contributed by atoms with E-state index in [1.54, 1.807) is 11.1 Å². The van der Waals surface area contributed by atoms with E-state index in [9.17, 15) is 9.59 Å². The van der Waals surface area contributed by atoms with Gasteiger partial charge in [-0.05, 0) is 34.0 Å². The highest BCUT2D eigenvalue weighted by atomic mass is 79.9. The maximum atomic E-state index is 12.3. The Kier molecular flexibility index (Phi) is 4.19. The van der Waals surface area contributed by atoms with Crippen LogP contribution in [0.1, 0.15) is 19.5 Å². The van der Waals surface area contributed by atoms with Gasteiger partial charge in [0.05, 0.1) is 12.2 Å². The lowest BCUT2D eigenvalue weighted by Crippen LogP contribution is -2.59. The number of aromatic nitrogens is 1. The molecule has 0 bridgehead atoms. The van der Waals surface area contributed by atoms with Crippen molar-refractivity contribution in [3.05, 3.63) is 28.5 Å². The molecule has 1 aliphatic rings. The maximum absolute atomic E-state index is 12.3. The van der Waals surface area contributed by atoms with Gasteiger partial charge in [-0.2, -0.15) is 0 Å². The van der Waals surface area contributed by atoms with Gasteiger partial charge in [0.15, 0.2) is 0 Å². The second-order valence-electron chi connectivity index (χ2n) is 4.95. The van der Waals surface area contributed by atoms with Gasteiger partial charge in [-0.1, -0.05) is 13.8 Å². The molecule has 0 aliphatic carbocycles. The van der Waals surface area contributed by atoms with E-state index in [0.29, 0.717) is 6.54 Å². The standard InChI is InChI=1S/C13H16BrN3O2/c1-8(2)12-13(19)17(7-11(18)16-12)6-10-4-3-9(14)5-15-10/h3-5,8,12H,6-7H2,1-2H3,(H,16,18). The highest BCUT2D eigenvalue weighted by Crippen LogP contribution is 2.14. The molecule has 19 heavy (non-hydrogen) atoms. The van der Waals surface area contributed by atoms with Crippen molar-refractivity contribution in [1.82, 2.24) is 15.2 Å². The summed E-state index contributed by atoms with van der Waals surface area (Å²) in [6.07, 6.45) is 1.68. The summed E-state index contributed by atoms with van der Waals surface area (Å²) < 4.78 is 0.888. The fourth-order valence-electron chi connectivity index (χ4n) is 2.01. The smallest absolute Gasteiger partial charge is 0.246 e. The molecule has 0 spiro atoms. The van der Waals surface area contributed by atoms with Crippen LogP contribution < -0.4 is 5.32 Å². The molecule has 1 saturated heterocycles. The van der Waals surface area contributed by atoms with Crippen molar-refractivity contribution >= 4 is 27.7 Å². The Morgan fingerprint density at radius 3 is 2.79 bits per heavy atom. The van der Waals surface area contributed by atoms with Crippen molar-refractivity contribution in [3.8, 4) is 0 Å². The van der Waals surface area contributed by atoms with Crippen LogP contribution in [0, 0.1) is 5.92 Å². The zero-order valence-electron chi connectivity index (χ0n) is 10.9. The first-order chi connectivity index (χ1) is 8.97. The topological polar surface area (TPSA) is 62.3 Å². The van der Waals surface area contributed by atoms with E-state index in [1.165, 1.54) is 0 Å². The first-order valence-electron chi connectivity index (χ1n) is 6.16. The molecule has 0 aromatic carbocycles. The first-order valence-corrected chi connectivity index (χ1v) is 6.95. The van der Waals surface area contributed by atoms with Crippen LogP contribution in [-0.2, 0) is 16.1 Å². The van der Waals surface area contributed by atoms with Crippen molar-refractivity contribution in [1.29, 1.82) is 0 Å². The zero-order valence-corrected chi connectivity index (χ0v) is 12.5. The number of hydrogen-bond donors (Lipinski definition) is 1. The average Bonchev–Trinajstić information content (AvgIpc) is 2.35. The SMILES string of the molecule is CC(C)C1NC(=O)CN(Cc2ccc(Br)cn2)C1=O. The highest BCUT2D eigenvalue weighted by Gasteiger charge is 2.34. The Labute approximate surface area is 120 Å². The second-order valence-corrected chi connectivity index (χ2v) is 5.87. The predicted octanol–water partition coefficient (Wildman–Crippen LogP) is 1.33. The van der Waals surface area contributed by atoms with E-state index in [4.69, 9.17) is 0 Å². The van der Waals surface area contributed by atoms with Crippen LogP contribution in [0.15, 0.2) is 22.8 Å². The van der Waals surface area contributed by atoms with Crippen LogP contribution in [0.3, 0.4) is 0 Å². The normalized spacial score (nSPS) is 19.8. The quantitative estimate of drug-likeness (QED) is 0.911. The largest absolute Gasteiger partial charge is 0.343 e. The number of carbonyl (C=O) groups is 2. The Balaban J connectivity index is 2.12. The van der Waals surface area contributed by atoms with Crippen LogP contribution in [0.4, 0.5) is 0 Å². The van der Waals surface area contributed by atoms with Crippen LogP contribution in [0.25, 0.3) is 0 Å². The van der Waals surface area contributed by atoms with E-state index in [-0.39, 0.29) is 24.3 Å². The number of piperazine rings is 1. The second kappa shape index (κ2) is 5.69. The highest BCUT2D eigenvalue weighted by molar-refractivity contribution is 9.10. The Bertz CT molecular complexity index is 487. The zero-order chi connectivity index (χ0) is 14.0. The minimum Gasteiger partial charge on any atom is -0.343 e. The molecule has 2 heterocycles. The molecule has 1 aromatic rings. The minimum absolute atomic E-state index is 0.0423. The molecule has 102 valence electrons. The van der Waals surface area contributed by atoms with Gasteiger partial charge in [0.25, 0.3) is 0 Å². The number of carbonyl (C=O) groups excluding carboxylic acids is 2. The number of amides is 2. The lowest BCUT2D eigenvalue weighted by Gasteiger charge is -2.34. The summed E-state index contributed by atoms with van der Waals surface area (Å²) in [5.74, 6) is -0.0770. The Morgan fingerprint density at radius 2 is 2.21 bits per heavy atom. The van der Waals surface area contributed by atoms with Crippen molar-refractivity contribution in [2.24, 2.45) is 5.92 Å². The number of pyridine rings is 1. The molecule has 0 radical (unpaired) electrons. The monoisotopic (exact) mass is 325 g/mol. The predicted molar refractivity (Wildman–Crippen MR) is 74.1 cm³/mol. The molecular weight excluding hydrogens is 310 g/mol. The van der Waals surface area contributed by atoms with E-state index in [1.807, 2.05) is 26.0 Å². The molecule has 5 nitrogen and oxygen atoms in total. The van der Waals surface area contributed by atoms with Gasteiger partial charge in [-0.3, -0.25) is 14.6 Å². The van der Waals surface area contributed by atoms with Crippen molar-refractivity contribution in [3.63, 3.8) is 0 Å². The fraction of sp³-hybridized carbons (Fsp3) is 0.462. The fourth-order valence-corrected chi connectivity index (χ4v) is 2.24. The maximum Gasteiger partial charge on any atom is 0.246 e. The molecule has 0 saturated carbocycles. The number of nitrogens with zero attached hydrogens (tertiary/aromatic N) is 2. The summed E-state index contributed by atoms with van der Waals surface area (Å²) in [5.41, 5.74) is 0.772. The third-order valence-electron chi connectivity index (χ3n) is 3.04. The molecule has 1 N–H and O–H groups in total.